The second-order valence-corrected chi connectivity index (χ2v) is 9.04. The van der Waals surface area contributed by atoms with Gasteiger partial charge in [-0.05, 0) is 75.5 Å². The molecule has 0 aromatic heterocycles. The average molecular weight is 508 g/mol. The molecule has 0 bridgehead atoms. The molecule has 39 heavy (non-hydrogen) atoms. The van der Waals surface area contributed by atoms with Gasteiger partial charge in [0.2, 0.25) is 5.69 Å². The molecule has 0 radical (unpaired) electrons. The fraction of sp³-hybridized carbons (Fsp3) is 0.0588. The Morgan fingerprint density at radius 3 is 1.77 bits per heavy atom. The summed E-state index contributed by atoms with van der Waals surface area (Å²) in [5, 5.41) is 29.9. The van der Waals surface area contributed by atoms with Gasteiger partial charge in [-0.1, -0.05) is 72.8 Å². The Morgan fingerprint density at radius 2 is 1.26 bits per heavy atom. The maximum absolute atomic E-state index is 9.46. The normalized spacial score (nSPS) is 10.9. The van der Waals surface area contributed by atoms with Crippen molar-refractivity contribution in [1.29, 1.82) is 5.26 Å². The van der Waals surface area contributed by atoms with Crippen LogP contribution in [-0.2, 0) is 13.2 Å². The van der Waals surface area contributed by atoms with Crippen LogP contribution in [0.3, 0.4) is 0 Å². The Hall–Kier alpha value is -5.20. The highest BCUT2D eigenvalue weighted by molar-refractivity contribution is 6.01. The van der Waals surface area contributed by atoms with Crippen LogP contribution >= 0.6 is 0 Å². The number of fused-ring (bicyclic) bond motifs is 1. The van der Waals surface area contributed by atoms with Crippen molar-refractivity contribution in [1.82, 2.24) is 0 Å². The largest absolute Gasteiger partial charge is 0.392 e. The second-order valence-electron chi connectivity index (χ2n) is 9.04. The van der Waals surface area contributed by atoms with Gasteiger partial charge in [0.25, 0.3) is 0 Å². The molecule has 0 unspecified atom stereocenters. The molecule has 0 aliphatic heterocycles. The van der Waals surface area contributed by atoms with E-state index in [1.165, 1.54) is 0 Å². The Morgan fingerprint density at radius 1 is 0.692 bits per heavy atom. The number of benzene rings is 5. The van der Waals surface area contributed by atoms with Gasteiger partial charge in [0.1, 0.15) is 0 Å². The maximum atomic E-state index is 9.46. The Labute approximate surface area is 227 Å². The average Bonchev–Trinajstić information content (AvgIpc) is 3.00. The lowest BCUT2D eigenvalue weighted by Gasteiger charge is -2.26. The number of nitriles is 1. The molecule has 5 heteroatoms. The summed E-state index contributed by atoms with van der Waals surface area (Å²) >= 11 is 0. The first kappa shape index (κ1) is 25.4. The van der Waals surface area contributed by atoms with E-state index in [-0.39, 0.29) is 13.2 Å². The molecule has 0 heterocycles. The molecule has 188 valence electrons. The maximum Gasteiger partial charge on any atom is 0.202 e. The lowest BCUT2D eigenvalue weighted by atomic mass is 9.99. The molecule has 0 fully saturated rings. The van der Waals surface area contributed by atoms with Crippen molar-refractivity contribution in [2.24, 2.45) is 0 Å². The minimum atomic E-state index is -0.0155. The molecule has 0 spiro atoms. The Bertz CT molecular complexity index is 1680. The molecule has 2 N–H and O–H groups in total. The van der Waals surface area contributed by atoms with Gasteiger partial charge >= 0.3 is 0 Å². The van der Waals surface area contributed by atoms with Crippen molar-refractivity contribution in [3.05, 3.63) is 142 Å². The molecule has 5 nitrogen and oxygen atoms in total. The number of aliphatic hydroxyl groups is 2. The van der Waals surface area contributed by atoms with Gasteiger partial charge in [0.15, 0.2) is 0 Å². The molecule has 0 saturated heterocycles. The van der Waals surface area contributed by atoms with E-state index in [9.17, 15) is 15.5 Å². The summed E-state index contributed by atoms with van der Waals surface area (Å²) in [5.74, 6) is 0. The molecule has 5 aromatic carbocycles. The topological polar surface area (TPSA) is 71.8 Å². The number of nitrogens with zero attached hydrogens (tertiary/aromatic N) is 3. The first-order valence-electron chi connectivity index (χ1n) is 12.5. The fourth-order valence-corrected chi connectivity index (χ4v) is 4.58. The summed E-state index contributed by atoms with van der Waals surface area (Å²) in [6, 6.07) is 35.1. The number of hydrogen-bond acceptors (Lipinski definition) is 4. The van der Waals surface area contributed by atoms with Gasteiger partial charge in [-0.25, -0.2) is 4.85 Å². The third-order valence-electron chi connectivity index (χ3n) is 6.66. The standard InChI is InChI=1S/C34H25N3O2/c1-36-34-27(13-20-32-28(21-35)3-2-4-33(32)34)12-5-24-6-14-29(15-7-24)37(30-16-8-25(22-38)9-17-30)31-18-10-26(23-39)11-19-31/h2-20,38-39H,22-23H2. The zero-order valence-corrected chi connectivity index (χ0v) is 21.1. The molecule has 0 amide bonds. The summed E-state index contributed by atoms with van der Waals surface area (Å²) in [5.41, 5.74) is 7.39. The second kappa shape index (κ2) is 11.5. The molecule has 0 atom stereocenters. The van der Waals surface area contributed by atoms with Crippen LogP contribution in [0, 0.1) is 17.9 Å². The zero-order chi connectivity index (χ0) is 27.2. The molecule has 5 rings (SSSR count). The minimum Gasteiger partial charge on any atom is -0.392 e. The number of aliphatic hydroxyl groups excluding tert-OH is 2. The number of rotatable bonds is 7. The zero-order valence-electron chi connectivity index (χ0n) is 21.1. The molecule has 0 saturated carbocycles. The van der Waals surface area contributed by atoms with E-state index in [1.54, 1.807) is 6.07 Å². The third-order valence-corrected chi connectivity index (χ3v) is 6.66. The van der Waals surface area contributed by atoms with Crippen molar-refractivity contribution in [3.8, 4) is 6.07 Å². The monoisotopic (exact) mass is 507 g/mol. The smallest absolute Gasteiger partial charge is 0.202 e. The van der Waals surface area contributed by atoms with Crippen molar-refractivity contribution in [3.63, 3.8) is 0 Å². The molecule has 5 aromatic rings. The van der Waals surface area contributed by atoms with Crippen LogP contribution in [0.15, 0.2) is 103 Å². The van der Waals surface area contributed by atoms with E-state index in [0.29, 0.717) is 11.3 Å². The highest BCUT2D eigenvalue weighted by Gasteiger charge is 2.13. The fourth-order valence-electron chi connectivity index (χ4n) is 4.58. The lowest BCUT2D eigenvalue weighted by Crippen LogP contribution is -2.10. The number of anilines is 3. The molecule has 0 aliphatic rings. The lowest BCUT2D eigenvalue weighted by molar-refractivity contribution is 0.281. The van der Waals surface area contributed by atoms with Crippen LogP contribution in [0.5, 0.6) is 0 Å². The van der Waals surface area contributed by atoms with E-state index in [2.05, 4.69) is 15.8 Å². The van der Waals surface area contributed by atoms with Gasteiger partial charge < -0.3 is 15.1 Å². The third kappa shape index (κ3) is 5.28. The van der Waals surface area contributed by atoms with E-state index < -0.39 is 0 Å². The SMILES string of the molecule is [C-]#[N+]c1c(C=Cc2ccc(N(c3ccc(CO)cc3)c3ccc(CO)cc3)cc2)ccc2c(C#N)cccc12. The highest BCUT2D eigenvalue weighted by atomic mass is 16.3. The number of hydrogen-bond donors (Lipinski definition) is 2. The summed E-state index contributed by atoms with van der Waals surface area (Å²) in [4.78, 5) is 5.88. The van der Waals surface area contributed by atoms with Gasteiger partial charge in [-0.2, -0.15) is 5.26 Å². The first-order valence-corrected chi connectivity index (χ1v) is 12.5. The van der Waals surface area contributed by atoms with Crippen LogP contribution in [0.4, 0.5) is 22.7 Å². The van der Waals surface area contributed by atoms with Gasteiger partial charge in [-0.15, -0.1) is 0 Å². The molecule has 0 aliphatic carbocycles. The van der Waals surface area contributed by atoms with Crippen molar-refractivity contribution < 1.29 is 10.2 Å². The van der Waals surface area contributed by atoms with Crippen LogP contribution < -0.4 is 4.90 Å². The van der Waals surface area contributed by atoms with Crippen molar-refractivity contribution in [2.75, 3.05) is 4.90 Å². The highest BCUT2D eigenvalue weighted by Crippen LogP contribution is 2.36. The molecular weight excluding hydrogens is 482 g/mol. The minimum absolute atomic E-state index is 0.0155. The predicted octanol–water partition coefficient (Wildman–Crippen LogP) is 7.89. The Kier molecular flexibility index (Phi) is 7.48. The van der Waals surface area contributed by atoms with Gasteiger partial charge in [0.05, 0.1) is 31.4 Å². The summed E-state index contributed by atoms with van der Waals surface area (Å²) in [6.45, 7) is 7.71. The van der Waals surface area contributed by atoms with E-state index in [0.717, 1.165) is 50.1 Å². The first-order chi connectivity index (χ1) is 19.1. The van der Waals surface area contributed by atoms with Crippen LogP contribution in [0.25, 0.3) is 27.8 Å². The van der Waals surface area contributed by atoms with Gasteiger partial charge in [0, 0.05) is 17.1 Å². The van der Waals surface area contributed by atoms with Crippen molar-refractivity contribution >= 4 is 45.7 Å². The van der Waals surface area contributed by atoms with E-state index in [4.69, 9.17) is 6.57 Å². The van der Waals surface area contributed by atoms with Crippen LogP contribution in [0.1, 0.15) is 27.8 Å². The quantitative estimate of drug-likeness (QED) is 0.174. The summed E-state index contributed by atoms with van der Waals surface area (Å²) in [7, 11) is 0. The summed E-state index contributed by atoms with van der Waals surface area (Å²) in [6.07, 6.45) is 3.91. The van der Waals surface area contributed by atoms with E-state index >= 15 is 0 Å². The van der Waals surface area contributed by atoms with Crippen LogP contribution in [0.2, 0.25) is 0 Å². The van der Waals surface area contributed by atoms with Crippen LogP contribution in [-0.4, -0.2) is 10.2 Å². The Balaban J connectivity index is 1.48. The van der Waals surface area contributed by atoms with Crippen molar-refractivity contribution in [2.45, 2.75) is 13.2 Å². The van der Waals surface area contributed by atoms with E-state index in [1.807, 2.05) is 109 Å². The van der Waals surface area contributed by atoms with Gasteiger partial charge in [-0.3, -0.25) is 0 Å². The predicted molar refractivity (Wildman–Crippen MR) is 157 cm³/mol. The molecular formula is C34H25N3O2. The summed E-state index contributed by atoms with van der Waals surface area (Å²) < 4.78 is 0.